The summed E-state index contributed by atoms with van der Waals surface area (Å²) in [5.41, 5.74) is 1.06. The van der Waals surface area contributed by atoms with Crippen LogP contribution in [0, 0.1) is 12.8 Å². The van der Waals surface area contributed by atoms with E-state index in [9.17, 15) is 0 Å². The van der Waals surface area contributed by atoms with Crippen LogP contribution in [0.15, 0.2) is 6.20 Å². The molecular formula is C13H25N3OS. The molecule has 1 aromatic heterocycles. The molecule has 1 atom stereocenters. The van der Waals surface area contributed by atoms with Gasteiger partial charge in [-0.15, -0.1) is 0 Å². The van der Waals surface area contributed by atoms with Crippen LogP contribution < -0.4 is 5.32 Å². The van der Waals surface area contributed by atoms with Crippen LogP contribution in [0.5, 0.6) is 0 Å². The van der Waals surface area contributed by atoms with Gasteiger partial charge in [-0.3, -0.25) is 0 Å². The summed E-state index contributed by atoms with van der Waals surface area (Å²) in [5, 5.41) is 3.44. The van der Waals surface area contributed by atoms with Gasteiger partial charge in [0.1, 0.15) is 0 Å². The van der Waals surface area contributed by atoms with Gasteiger partial charge in [0.05, 0.1) is 5.69 Å². The first-order valence-corrected chi connectivity index (χ1v) is 7.82. The zero-order valence-electron chi connectivity index (χ0n) is 11.9. The van der Waals surface area contributed by atoms with Crippen LogP contribution in [-0.2, 0) is 11.3 Å². The van der Waals surface area contributed by atoms with Gasteiger partial charge in [0.2, 0.25) is 5.95 Å². The van der Waals surface area contributed by atoms with E-state index in [0.717, 1.165) is 37.8 Å². The topological polar surface area (TPSA) is 39.1 Å². The van der Waals surface area contributed by atoms with Crippen LogP contribution in [0.3, 0.4) is 0 Å². The first-order valence-electron chi connectivity index (χ1n) is 6.43. The average molecular weight is 271 g/mol. The summed E-state index contributed by atoms with van der Waals surface area (Å²) in [4.78, 5) is 4.53. The fourth-order valence-corrected chi connectivity index (χ4v) is 2.53. The van der Waals surface area contributed by atoms with E-state index < -0.39 is 0 Å². The molecule has 1 N–H and O–H groups in total. The average Bonchev–Trinajstić information content (AvgIpc) is 2.68. The maximum Gasteiger partial charge on any atom is 0.203 e. The van der Waals surface area contributed by atoms with Gasteiger partial charge in [0.15, 0.2) is 0 Å². The molecule has 0 amide bonds. The summed E-state index contributed by atoms with van der Waals surface area (Å²) in [6.07, 6.45) is 5.25. The van der Waals surface area contributed by atoms with E-state index in [4.69, 9.17) is 4.74 Å². The zero-order valence-corrected chi connectivity index (χ0v) is 12.7. The van der Waals surface area contributed by atoms with Crippen molar-refractivity contribution in [3.8, 4) is 0 Å². The normalized spacial score (nSPS) is 12.7. The molecule has 0 aliphatic heterocycles. The van der Waals surface area contributed by atoms with Crippen LogP contribution in [0.2, 0.25) is 0 Å². The standard InChI is InChI=1S/C13H25N3OS/c1-11(10-18-4)8-14-13-15-12(2)9-16(13)6-5-7-17-3/h9,11H,5-8,10H2,1-4H3,(H,14,15). The van der Waals surface area contributed by atoms with Crippen LogP contribution in [0.25, 0.3) is 0 Å². The highest BCUT2D eigenvalue weighted by Crippen LogP contribution is 2.11. The Hall–Kier alpha value is -0.680. The second kappa shape index (κ2) is 8.43. The van der Waals surface area contributed by atoms with E-state index in [0.29, 0.717) is 5.92 Å². The summed E-state index contributed by atoms with van der Waals surface area (Å²) in [5.74, 6) is 2.82. The minimum absolute atomic E-state index is 0.657. The maximum atomic E-state index is 5.08. The Labute approximate surface area is 115 Å². The zero-order chi connectivity index (χ0) is 13.4. The van der Waals surface area contributed by atoms with E-state index in [1.165, 1.54) is 5.75 Å². The predicted octanol–water partition coefficient (Wildman–Crippen LogP) is 2.64. The molecule has 0 fully saturated rings. The molecule has 0 aromatic carbocycles. The Balaban J connectivity index is 2.47. The molecular weight excluding hydrogens is 246 g/mol. The first kappa shape index (κ1) is 15.4. The molecule has 1 unspecified atom stereocenters. The molecule has 0 saturated carbocycles. The van der Waals surface area contributed by atoms with Crippen molar-refractivity contribution in [2.24, 2.45) is 5.92 Å². The van der Waals surface area contributed by atoms with Crippen LogP contribution in [-0.4, -0.2) is 41.8 Å². The molecule has 1 rings (SSSR count). The number of thioether (sulfide) groups is 1. The highest BCUT2D eigenvalue weighted by atomic mass is 32.2. The minimum Gasteiger partial charge on any atom is -0.385 e. The lowest BCUT2D eigenvalue weighted by molar-refractivity contribution is 0.190. The van der Waals surface area contributed by atoms with Gasteiger partial charge in [-0.25, -0.2) is 4.98 Å². The summed E-state index contributed by atoms with van der Waals surface area (Å²) < 4.78 is 7.26. The number of nitrogens with one attached hydrogen (secondary N) is 1. The van der Waals surface area contributed by atoms with E-state index in [1.54, 1.807) is 7.11 Å². The van der Waals surface area contributed by atoms with Crippen molar-refractivity contribution in [3.63, 3.8) is 0 Å². The van der Waals surface area contributed by atoms with Crippen LogP contribution in [0.4, 0.5) is 5.95 Å². The number of ether oxygens (including phenoxy) is 1. The van der Waals surface area contributed by atoms with Gasteiger partial charge in [-0.05, 0) is 31.3 Å². The van der Waals surface area contributed by atoms with Gasteiger partial charge in [-0.2, -0.15) is 11.8 Å². The quantitative estimate of drug-likeness (QED) is 0.701. The summed E-state index contributed by atoms with van der Waals surface area (Å²) in [6.45, 7) is 7.01. The van der Waals surface area contributed by atoms with Gasteiger partial charge in [0, 0.05) is 33.0 Å². The van der Waals surface area contributed by atoms with Crippen molar-refractivity contribution >= 4 is 17.7 Å². The number of imidazole rings is 1. The number of hydrogen-bond acceptors (Lipinski definition) is 4. The van der Waals surface area contributed by atoms with E-state index in [1.807, 2.05) is 18.7 Å². The predicted molar refractivity (Wildman–Crippen MR) is 79.5 cm³/mol. The largest absolute Gasteiger partial charge is 0.385 e. The van der Waals surface area contributed by atoms with E-state index in [2.05, 4.69) is 34.2 Å². The highest BCUT2D eigenvalue weighted by molar-refractivity contribution is 7.98. The van der Waals surface area contributed by atoms with Crippen molar-refractivity contribution in [3.05, 3.63) is 11.9 Å². The Morgan fingerprint density at radius 3 is 3.00 bits per heavy atom. The molecule has 1 heterocycles. The third-order valence-corrected chi connectivity index (χ3v) is 3.61. The highest BCUT2D eigenvalue weighted by Gasteiger charge is 2.07. The number of rotatable bonds is 9. The number of aryl methyl sites for hydroxylation is 2. The van der Waals surface area contributed by atoms with Gasteiger partial charge >= 0.3 is 0 Å². The minimum atomic E-state index is 0.657. The van der Waals surface area contributed by atoms with Crippen molar-refractivity contribution in [2.45, 2.75) is 26.8 Å². The maximum absolute atomic E-state index is 5.08. The van der Waals surface area contributed by atoms with Crippen molar-refractivity contribution in [2.75, 3.05) is 37.6 Å². The van der Waals surface area contributed by atoms with Gasteiger partial charge < -0.3 is 14.6 Å². The molecule has 0 saturated heterocycles. The Morgan fingerprint density at radius 2 is 2.33 bits per heavy atom. The lowest BCUT2D eigenvalue weighted by Crippen LogP contribution is -2.16. The summed E-state index contributed by atoms with van der Waals surface area (Å²) >= 11 is 1.89. The Bertz CT molecular complexity index is 341. The molecule has 0 aliphatic carbocycles. The lowest BCUT2D eigenvalue weighted by atomic mass is 10.2. The van der Waals surface area contributed by atoms with Crippen molar-refractivity contribution in [1.29, 1.82) is 0 Å². The van der Waals surface area contributed by atoms with Crippen molar-refractivity contribution in [1.82, 2.24) is 9.55 Å². The van der Waals surface area contributed by atoms with E-state index in [-0.39, 0.29) is 0 Å². The third-order valence-electron chi connectivity index (χ3n) is 2.70. The molecule has 104 valence electrons. The van der Waals surface area contributed by atoms with Crippen LogP contribution >= 0.6 is 11.8 Å². The van der Waals surface area contributed by atoms with Gasteiger partial charge in [-0.1, -0.05) is 6.92 Å². The molecule has 4 nitrogen and oxygen atoms in total. The van der Waals surface area contributed by atoms with Crippen molar-refractivity contribution < 1.29 is 4.74 Å². The third kappa shape index (κ3) is 5.31. The molecule has 5 heteroatoms. The second-order valence-electron chi connectivity index (χ2n) is 4.69. The smallest absolute Gasteiger partial charge is 0.203 e. The number of nitrogens with zero attached hydrogens (tertiary/aromatic N) is 2. The molecule has 18 heavy (non-hydrogen) atoms. The number of hydrogen-bond donors (Lipinski definition) is 1. The van der Waals surface area contributed by atoms with Gasteiger partial charge in [0.25, 0.3) is 0 Å². The Morgan fingerprint density at radius 1 is 1.56 bits per heavy atom. The molecule has 0 aliphatic rings. The second-order valence-corrected chi connectivity index (χ2v) is 5.60. The molecule has 0 radical (unpaired) electrons. The number of aromatic nitrogens is 2. The first-order chi connectivity index (χ1) is 8.67. The molecule has 0 bridgehead atoms. The van der Waals surface area contributed by atoms with E-state index >= 15 is 0 Å². The lowest BCUT2D eigenvalue weighted by Gasteiger charge is -2.13. The monoisotopic (exact) mass is 271 g/mol. The van der Waals surface area contributed by atoms with Crippen LogP contribution in [0.1, 0.15) is 19.0 Å². The molecule has 1 aromatic rings. The summed E-state index contributed by atoms with van der Waals surface area (Å²) in [6, 6.07) is 0. The fraction of sp³-hybridized carbons (Fsp3) is 0.769. The number of methoxy groups -OCH3 is 1. The SMILES string of the molecule is COCCCn1cc(C)nc1NCC(C)CSC. The number of anilines is 1. The summed E-state index contributed by atoms with van der Waals surface area (Å²) in [7, 11) is 1.74. The molecule has 0 spiro atoms. The Kier molecular flexibility index (Phi) is 7.20. The fourth-order valence-electron chi connectivity index (χ4n) is 1.85.